The average Bonchev–Trinajstić information content (AvgIpc) is 2.36. The Morgan fingerprint density at radius 2 is 1.92 bits per heavy atom. The second-order valence-corrected chi connectivity index (χ2v) is 3.66. The van der Waals surface area contributed by atoms with Crippen LogP contribution in [0.2, 0.25) is 0 Å². The van der Waals surface area contributed by atoms with Crippen LogP contribution >= 0.6 is 8.58 Å². The van der Waals surface area contributed by atoms with Gasteiger partial charge in [0.1, 0.15) is 0 Å². The van der Waals surface area contributed by atoms with E-state index < -0.39 is 6.29 Å². The van der Waals surface area contributed by atoms with Crippen LogP contribution in [0.4, 0.5) is 8.78 Å². The maximum atomic E-state index is 12.5. The summed E-state index contributed by atoms with van der Waals surface area (Å²) in [5.74, 6) is 0.226. The van der Waals surface area contributed by atoms with Crippen molar-refractivity contribution in [3.8, 4) is 11.5 Å². The molecule has 2 rings (SSSR count). The zero-order valence-corrected chi connectivity index (χ0v) is 7.80. The Bertz CT molecular complexity index is 341. The summed E-state index contributed by atoms with van der Waals surface area (Å²) in [7, 11) is 0.555. The average molecular weight is 204 g/mol. The van der Waals surface area contributed by atoms with Gasteiger partial charge in [-0.1, -0.05) is 14.6 Å². The Labute approximate surface area is 75.6 Å². The highest BCUT2D eigenvalue weighted by atomic mass is 31.1. The molecule has 0 fully saturated rings. The van der Waals surface area contributed by atoms with E-state index in [0.29, 0.717) is 8.58 Å². The summed E-state index contributed by atoms with van der Waals surface area (Å²) < 4.78 is 33.6. The zero-order chi connectivity index (χ0) is 9.47. The van der Waals surface area contributed by atoms with Crippen molar-refractivity contribution in [1.29, 1.82) is 0 Å². The number of ether oxygens (including phenoxy) is 2. The summed E-state index contributed by atoms with van der Waals surface area (Å²) in [6, 6.07) is 4.83. The molecule has 1 aliphatic rings. The number of hydrogen-bond donors (Lipinski definition) is 0. The lowest BCUT2D eigenvalue weighted by Crippen LogP contribution is -2.25. The third-order valence-corrected chi connectivity index (χ3v) is 2.58. The van der Waals surface area contributed by atoms with Crippen molar-refractivity contribution in [2.75, 3.05) is 6.66 Å². The van der Waals surface area contributed by atoms with E-state index in [1.165, 1.54) is 6.07 Å². The van der Waals surface area contributed by atoms with Crippen LogP contribution in [0.15, 0.2) is 18.2 Å². The molecule has 2 nitrogen and oxygen atoms in total. The van der Waals surface area contributed by atoms with Gasteiger partial charge in [-0.05, 0) is 24.1 Å². The Morgan fingerprint density at radius 3 is 2.62 bits per heavy atom. The van der Waals surface area contributed by atoms with Gasteiger partial charge in [0.15, 0.2) is 11.5 Å². The normalized spacial score (nSPS) is 18.4. The van der Waals surface area contributed by atoms with Gasteiger partial charge in [-0.3, -0.25) is 0 Å². The van der Waals surface area contributed by atoms with E-state index in [1.54, 1.807) is 12.1 Å². The molecule has 1 aromatic rings. The first-order chi connectivity index (χ1) is 6.11. The van der Waals surface area contributed by atoms with Crippen LogP contribution in [0, 0.1) is 0 Å². The number of rotatable bonds is 1. The third kappa shape index (κ3) is 1.59. The molecular formula is C8H7F2O2P. The lowest BCUT2D eigenvalue weighted by Gasteiger charge is -2.04. The summed E-state index contributed by atoms with van der Waals surface area (Å²) in [4.78, 5) is 0. The Hall–Kier alpha value is -0.890. The molecule has 0 saturated heterocycles. The topological polar surface area (TPSA) is 18.5 Å². The highest BCUT2D eigenvalue weighted by Gasteiger charge is 2.43. The largest absolute Gasteiger partial charge is 0.586 e. The smallest absolute Gasteiger partial charge is 0.395 e. The molecule has 1 atom stereocenters. The van der Waals surface area contributed by atoms with Crippen LogP contribution < -0.4 is 14.8 Å². The van der Waals surface area contributed by atoms with Gasteiger partial charge in [-0.2, -0.15) is 0 Å². The fourth-order valence-electron chi connectivity index (χ4n) is 1.10. The molecule has 0 saturated carbocycles. The van der Waals surface area contributed by atoms with Crippen molar-refractivity contribution in [1.82, 2.24) is 0 Å². The molecule has 70 valence electrons. The molecule has 13 heavy (non-hydrogen) atoms. The SMILES string of the molecule is CPc1ccc2c(c1)OC(F)(F)O2. The molecule has 0 N–H and O–H groups in total. The van der Waals surface area contributed by atoms with Gasteiger partial charge >= 0.3 is 6.29 Å². The van der Waals surface area contributed by atoms with Crippen molar-refractivity contribution < 1.29 is 18.3 Å². The van der Waals surface area contributed by atoms with Crippen molar-refractivity contribution in [3.05, 3.63) is 18.2 Å². The van der Waals surface area contributed by atoms with Crippen LogP contribution in [0.25, 0.3) is 0 Å². The Morgan fingerprint density at radius 1 is 1.23 bits per heavy atom. The van der Waals surface area contributed by atoms with Crippen LogP contribution in [0.3, 0.4) is 0 Å². The fraction of sp³-hybridized carbons (Fsp3) is 0.250. The predicted molar refractivity (Wildman–Crippen MR) is 46.5 cm³/mol. The van der Waals surface area contributed by atoms with E-state index in [9.17, 15) is 8.78 Å². The van der Waals surface area contributed by atoms with Gasteiger partial charge in [-0.15, -0.1) is 8.78 Å². The summed E-state index contributed by atoms with van der Waals surface area (Å²) >= 11 is 0. The molecule has 1 aromatic carbocycles. The van der Waals surface area contributed by atoms with Crippen LogP contribution in [-0.4, -0.2) is 13.0 Å². The first kappa shape index (κ1) is 8.70. The fourth-order valence-corrected chi connectivity index (χ4v) is 1.63. The van der Waals surface area contributed by atoms with E-state index in [1.807, 2.05) is 6.66 Å². The first-order valence-electron chi connectivity index (χ1n) is 3.68. The van der Waals surface area contributed by atoms with Crippen molar-refractivity contribution >= 4 is 13.9 Å². The maximum Gasteiger partial charge on any atom is 0.586 e. The number of fused-ring (bicyclic) bond motifs is 1. The molecule has 0 bridgehead atoms. The Balaban J connectivity index is 2.36. The minimum absolute atomic E-state index is 0.104. The first-order valence-corrected chi connectivity index (χ1v) is 5.18. The van der Waals surface area contributed by atoms with Gasteiger partial charge in [0.25, 0.3) is 0 Å². The quantitative estimate of drug-likeness (QED) is 0.651. The molecule has 1 unspecified atom stereocenters. The third-order valence-electron chi connectivity index (χ3n) is 1.69. The van der Waals surface area contributed by atoms with Gasteiger partial charge in [-0.25, -0.2) is 0 Å². The zero-order valence-electron chi connectivity index (χ0n) is 6.80. The maximum absolute atomic E-state index is 12.5. The van der Waals surface area contributed by atoms with E-state index in [0.717, 1.165) is 5.30 Å². The molecule has 0 aromatic heterocycles. The highest BCUT2D eigenvalue weighted by Crippen LogP contribution is 2.40. The van der Waals surface area contributed by atoms with Crippen LogP contribution in [-0.2, 0) is 0 Å². The minimum Gasteiger partial charge on any atom is -0.395 e. The van der Waals surface area contributed by atoms with E-state index in [2.05, 4.69) is 9.47 Å². The summed E-state index contributed by atoms with van der Waals surface area (Å²) in [5, 5.41) is 0.972. The summed E-state index contributed by atoms with van der Waals surface area (Å²) in [6.07, 6.45) is -3.50. The molecule has 1 heterocycles. The highest BCUT2D eigenvalue weighted by molar-refractivity contribution is 7.46. The second-order valence-electron chi connectivity index (χ2n) is 2.58. The molecule has 0 spiro atoms. The van der Waals surface area contributed by atoms with E-state index in [-0.39, 0.29) is 11.5 Å². The van der Waals surface area contributed by atoms with Crippen molar-refractivity contribution in [2.45, 2.75) is 6.29 Å². The summed E-state index contributed by atoms with van der Waals surface area (Å²) in [5.41, 5.74) is 0. The standard InChI is InChI=1S/C8H7F2O2P/c1-13-5-2-3-6-7(4-5)12-8(9,10)11-6/h2-4,13H,1H3. The number of benzene rings is 1. The number of alkyl halides is 2. The van der Waals surface area contributed by atoms with Gasteiger partial charge in [0, 0.05) is 0 Å². The molecule has 1 aliphatic heterocycles. The molecule has 0 radical (unpaired) electrons. The molecule has 0 amide bonds. The van der Waals surface area contributed by atoms with Crippen molar-refractivity contribution in [3.63, 3.8) is 0 Å². The monoisotopic (exact) mass is 204 g/mol. The molecule has 5 heteroatoms. The lowest BCUT2D eigenvalue weighted by atomic mass is 10.3. The van der Waals surface area contributed by atoms with Gasteiger partial charge < -0.3 is 9.47 Å². The molecule has 0 aliphatic carbocycles. The van der Waals surface area contributed by atoms with Crippen LogP contribution in [0.5, 0.6) is 11.5 Å². The minimum atomic E-state index is -3.50. The van der Waals surface area contributed by atoms with Gasteiger partial charge in [0.2, 0.25) is 0 Å². The van der Waals surface area contributed by atoms with Gasteiger partial charge in [0.05, 0.1) is 0 Å². The van der Waals surface area contributed by atoms with E-state index >= 15 is 0 Å². The lowest BCUT2D eigenvalue weighted by molar-refractivity contribution is -0.286. The second kappa shape index (κ2) is 2.81. The predicted octanol–water partition coefficient (Wildman–Crippen LogP) is 1.94. The molecular weight excluding hydrogens is 197 g/mol. The summed E-state index contributed by atoms with van der Waals surface area (Å²) in [6.45, 7) is 1.97. The van der Waals surface area contributed by atoms with Crippen LogP contribution in [0.1, 0.15) is 0 Å². The number of halogens is 2. The van der Waals surface area contributed by atoms with E-state index in [4.69, 9.17) is 0 Å². The number of hydrogen-bond acceptors (Lipinski definition) is 2. The Kier molecular flexibility index (Phi) is 1.88. The van der Waals surface area contributed by atoms with Crippen molar-refractivity contribution in [2.24, 2.45) is 0 Å².